The van der Waals surface area contributed by atoms with E-state index in [2.05, 4.69) is 10.2 Å². The molecule has 5 nitrogen and oxygen atoms in total. The smallest absolute Gasteiger partial charge is 0.326 e. The number of nitrogens with zero attached hydrogens (tertiary/aromatic N) is 2. The largest absolute Gasteiger partial charge is 0.343 e. The molecule has 1 aromatic carbocycles. The van der Waals surface area contributed by atoms with Crippen molar-refractivity contribution in [3.63, 3.8) is 0 Å². The predicted molar refractivity (Wildman–Crippen MR) is 56.3 cm³/mol. The topological polar surface area (TPSA) is 76.7 Å². The summed E-state index contributed by atoms with van der Waals surface area (Å²) < 4.78 is 1.51. The molecule has 0 unspecified atom stereocenters. The van der Waals surface area contributed by atoms with Gasteiger partial charge in [-0.3, -0.25) is 4.57 Å². The maximum atomic E-state index is 11.2. The third-order valence-electron chi connectivity index (χ3n) is 2.20. The van der Waals surface area contributed by atoms with E-state index in [1.165, 1.54) is 10.9 Å². The van der Waals surface area contributed by atoms with Crippen molar-refractivity contribution in [1.29, 1.82) is 0 Å². The van der Waals surface area contributed by atoms with Gasteiger partial charge in [0.1, 0.15) is 6.33 Å². The number of aromatic amines is 1. The minimum Gasteiger partial charge on any atom is -0.326 e. The molecule has 0 radical (unpaired) electrons. The van der Waals surface area contributed by atoms with E-state index in [1.54, 1.807) is 0 Å². The molecule has 0 saturated heterocycles. The summed E-state index contributed by atoms with van der Waals surface area (Å²) >= 11 is 0. The van der Waals surface area contributed by atoms with Crippen molar-refractivity contribution >= 4 is 0 Å². The van der Waals surface area contributed by atoms with E-state index in [4.69, 9.17) is 5.73 Å². The molecule has 0 aliphatic heterocycles. The van der Waals surface area contributed by atoms with Gasteiger partial charge in [-0.2, -0.15) is 5.10 Å². The molecule has 1 heterocycles. The van der Waals surface area contributed by atoms with E-state index in [0.29, 0.717) is 13.1 Å². The Hall–Kier alpha value is -1.88. The molecule has 0 amide bonds. The fourth-order valence-electron chi connectivity index (χ4n) is 1.43. The van der Waals surface area contributed by atoms with Gasteiger partial charge >= 0.3 is 5.69 Å². The lowest BCUT2D eigenvalue weighted by atomic mass is 10.1. The first-order chi connectivity index (χ1) is 7.29. The fraction of sp³-hybridized carbons (Fsp3) is 0.200. The van der Waals surface area contributed by atoms with Gasteiger partial charge in [-0.25, -0.2) is 9.89 Å². The second-order valence-electron chi connectivity index (χ2n) is 3.31. The molecule has 15 heavy (non-hydrogen) atoms. The average Bonchev–Trinajstić information content (AvgIpc) is 2.65. The van der Waals surface area contributed by atoms with Gasteiger partial charge in [0.15, 0.2) is 0 Å². The molecular weight excluding hydrogens is 192 g/mol. The van der Waals surface area contributed by atoms with Crippen molar-refractivity contribution < 1.29 is 0 Å². The summed E-state index contributed by atoms with van der Waals surface area (Å²) in [6.45, 7) is 1.03. The lowest BCUT2D eigenvalue weighted by molar-refractivity contribution is 0.760. The first kappa shape index (κ1) is 9.67. The minimum absolute atomic E-state index is 0.201. The van der Waals surface area contributed by atoms with Crippen molar-refractivity contribution in [1.82, 2.24) is 14.8 Å². The van der Waals surface area contributed by atoms with Crippen molar-refractivity contribution in [2.24, 2.45) is 5.73 Å². The van der Waals surface area contributed by atoms with E-state index in [1.807, 2.05) is 24.3 Å². The maximum absolute atomic E-state index is 11.2. The van der Waals surface area contributed by atoms with Crippen LogP contribution in [0.5, 0.6) is 0 Å². The van der Waals surface area contributed by atoms with Crippen LogP contribution < -0.4 is 11.4 Å². The quantitative estimate of drug-likeness (QED) is 0.743. The van der Waals surface area contributed by atoms with Crippen LogP contribution in [-0.4, -0.2) is 14.8 Å². The number of nitrogens with one attached hydrogen (secondary N) is 1. The van der Waals surface area contributed by atoms with Gasteiger partial charge in [0.2, 0.25) is 0 Å². The molecule has 78 valence electrons. The summed E-state index contributed by atoms with van der Waals surface area (Å²) in [5.74, 6) is 0. The molecule has 5 heteroatoms. The molecular formula is C10H12N4O. The third-order valence-corrected chi connectivity index (χ3v) is 2.20. The lowest BCUT2D eigenvalue weighted by Gasteiger charge is -2.03. The first-order valence-electron chi connectivity index (χ1n) is 4.67. The standard InChI is InChI=1S/C10H12N4O/c11-5-8-2-1-3-9(4-8)6-14-7-12-13-10(14)15/h1-4,7H,5-6,11H2,(H,13,15). The number of benzene rings is 1. The second-order valence-corrected chi connectivity index (χ2v) is 3.31. The van der Waals surface area contributed by atoms with Gasteiger partial charge < -0.3 is 5.73 Å². The maximum Gasteiger partial charge on any atom is 0.343 e. The third kappa shape index (κ3) is 2.13. The number of hydrogen-bond acceptors (Lipinski definition) is 3. The van der Waals surface area contributed by atoms with Crippen LogP contribution in [0.4, 0.5) is 0 Å². The molecule has 0 aliphatic carbocycles. The Morgan fingerprint density at radius 1 is 1.40 bits per heavy atom. The van der Waals surface area contributed by atoms with E-state index in [9.17, 15) is 4.79 Å². The zero-order valence-electron chi connectivity index (χ0n) is 8.18. The van der Waals surface area contributed by atoms with E-state index < -0.39 is 0 Å². The van der Waals surface area contributed by atoms with Crippen LogP contribution in [0.15, 0.2) is 35.4 Å². The molecule has 1 aromatic heterocycles. The SMILES string of the molecule is NCc1cccc(Cn2cn[nH]c2=O)c1. The summed E-state index contributed by atoms with van der Waals surface area (Å²) in [4.78, 5) is 11.2. The Balaban J connectivity index is 2.24. The molecule has 2 aromatic rings. The molecule has 2 rings (SSSR count). The normalized spacial score (nSPS) is 10.5. The number of H-pyrrole nitrogens is 1. The highest BCUT2D eigenvalue weighted by molar-refractivity contribution is 5.23. The highest BCUT2D eigenvalue weighted by Gasteiger charge is 1.99. The summed E-state index contributed by atoms with van der Waals surface area (Å²) in [5.41, 5.74) is 7.44. The summed E-state index contributed by atoms with van der Waals surface area (Å²) in [6.07, 6.45) is 1.48. The number of nitrogens with two attached hydrogens (primary N) is 1. The highest BCUT2D eigenvalue weighted by Crippen LogP contribution is 2.05. The fourth-order valence-corrected chi connectivity index (χ4v) is 1.43. The Labute approximate surface area is 86.5 Å². The molecule has 0 spiro atoms. The van der Waals surface area contributed by atoms with Gasteiger partial charge in [0, 0.05) is 6.54 Å². The molecule has 0 fully saturated rings. The monoisotopic (exact) mass is 204 g/mol. The van der Waals surface area contributed by atoms with Crippen molar-refractivity contribution in [2.45, 2.75) is 13.1 Å². The summed E-state index contributed by atoms with van der Waals surface area (Å²) in [5, 5.41) is 6.01. The van der Waals surface area contributed by atoms with Gasteiger partial charge in [-0.1, -0.05) is 24.3 Å². The van der Waals surface area contributed by atoms with Gasteiger partial charge in [0.25, 0.3) is 0 Å². The number of aromatic nitrogens is 3. The zero-order valence-corrected chi connectivity index (χ0v) is 8.18. The van der Waals surface area contributed by atoms with Crippen LogP contribution >= 0.6 is 0 Å². The van der Waals surface area contributed by atoms with Crippen LogP contribution in [0.3, 0.4) is 0 Å². The molecule has 3 N–H and O–H groups in total. The molecule has 0 aliphatic rings. The van der Waals surface area contributed by atoms with Crippen molar-refractivity contribution in [2.75, 3.05) is 0 Å². The van der Waals surface area contributed by atoms with E-state index >= 15 is 0 Å². The Morgan fingerprint density at radius 3 is 2.87 bits per heavy atom. The van der Waals surface area contributed by atoms with Crippen molar-refractivity contribution in [3.8, 4) is 0 Å². The van der Waals surface area contributed by atoms with Crippen LogP contribution in [0.25, 0.3) is 0 Å². The Bertz CT molecular complexity index is 500. The van der Waals surface area contributed by atoms with Gasteiger partial charge in [0.05, 0.1) is 6.54 Å². The van der Waals surface area contributed by atoms with Crippen molar-refractivity contribution in [3.05, 3.63) is 52.2 Å². The van der Waals surface area contributed by atoms with E-state index in [0.717, 1.165) is 11.1 Å². The second kappa shape index (κ2) is 4.10. The van der Waals surface area contributed by atoms with Crippen LogP contribution in [0, 0.1) is 0 Å². The first-order valence-corrected chi connectivity index (χ1v) is 4.67. The van der Waals surface area contributed by atoms with Crippen LogP contribution in [-0.2, 0) is 13.1 Å². The average molecular weight is 204 g/mol. The lowest BCUT2D eigenvalue weighted by Crippen LogP contribution is -2.16. The molecule has 0 bridgehead atoms. The van der Waals surface area contributed by atoms with Crippen LogP contribution in [0.2, 0.25) is 0 Å². The zero-order chi connectivity index (χ0) is 10.7. The highest BCUT2D eigenvalue weighted by atomic mass is 16.1. The Kier molecular flexibility index (Phi) is 2.64. The number of rotatable bonds is 3. The minimum atomic E-state index is -0.201. The van der Waals surface area contributed by atoms with Gasteiger partial charge in [-0.05, 0) is 11.1 Å². The Morgan fingerprint density at radius 2 is 2.20 bits per heavy atom. The molecule has 0 saturated carbocycles. The van der Waals surface area contributed by atoms with Crippen LogP contribution in [0.1, 0.15) is 11.1 Å². The van der Waals surface area contributed by atoms with E-state index in [-0.39, 0.29) is 5.69 Å². The number of hydrogen-bond donors (Lipinski definition) is 2. The summed E-state index contributed by atoms with van der Waals surface area (Å²) in [7, 11) is 0. The summed E-state index contributed by atoms with van der Waals surface area (Å²) in [6, 6.07) is 7.84. The molecule has 0 atom stereocenters. The van der Waals surface area contributed by atoms with Gasteiger partial charge in [-0.15, -0.1) is 0 Å². The predicted octanol–water partition coefficient (Wildman–Crippen LogP) is 0.0784.